The molecule has 0 saturated heterocycles. The Hall–Kier alpha value is -1.87. The molecule has 2 aromatic rings. The van der Waals surface area contributed by atoms with Crippen molar-refractivity contribution in [2.24, 2.45) is 0 Å². The lowest BCUT2D eigenvalue weighted by molar-refractivity contribution is -0.134. The van der Waals surface area contributed by atoms with Gasteiger partial charge in [0.25, 0.3) is 0 Å². The maximum atomic E-state index is 12.3. The second kappa shape index (κ2) is 5.15. The van der Waals surface area contributed by atoms with Crippen molar-refractivity contribution in [3.05, 3.63) is 30.3 Å². The van der Waals surface area contributed by atoms with Crippen LogP contribution in [0, 0.1) is 0 Å². The van der Waals surface area contributed by atoms with Gasteiger partial charge in [0, 0.05) is 12.4 Å². The van der Waals surface area contributed by atoms with Crippen LogP contribution in [0.25, 0.3) is 10.9 Å². The number of hydrogen-bond acceptors (Lipinski definition) is 4. The Labute approximate surface area is 119 Å². The number of rotatable bonds is 3. The minimum atomic E-state index is -4.60. The first kappa shape index (κ1) is 15.5. The number of nitrogen functional groups attached to an aromatic ring is 1. The molecular formula is C12H12F3N3O2S. The predicted molar refractivity (Wildman–Crippen MR) is 72.0 cm³/mol. The van der Waals surface area contributed by atoms with Gasteiger partial charge in [0.05, 0.1) is 10.4 Å². The van der Waals surface area contributed by atoms with E-state index < -0.39 is 22.7 Å². The highest BCUT2D eigenvalue weighted by Crippen LogP contribution is 2.24. The number of pyridine rings is 1. The molecule has 0 saturated carbocycles. The Balaban J connectivity index is 2.43. The summed E-state index contributed by atoms with van der Waals surface area (Å²) < 4.78 is 61.4. The van der Waals surface area contributed by atoms with Crippen molar-refractivity contribution < 1.29 is 21.6 Å². The van der Waals surface area contributed by atoms with Crippen LogP contribution in [0.4, 0.5) is 19.0 Å². The summed E-state index contributed by atoms with van der Waals surface area (Å²) in [5.74, 6) is 0.271. The van der Waals surface area contributed by atoms with Gasteiger partial charge >= 0.3 is 6.18 Å². The van der Waals surface area contributed by atoms with Crippen molar-refractivity contribution in [1.29, 1.82) is 0 Å². The van der Waals surface area contributed by atoms with Crippen LogP contribution < -0.4 is 5.73 Å². The molecule has 0 spiro atoms. The van der Waals surface area contributed by atoms with Crippen LogP contribution in [0.1, 0.15) is 0 Å². The van der Waals surface area contributed by atoms with E-state index in [9.17, 15) is 21.6 Å². The molecule has 0 amide bonds. The van der Waals surface area contributed by atoms with E-state index in [-0.39, 0.29) is 15.0 Å². The van der Waals surface area contributed by atoms with Crippen molar-refractivity contribution in [2.45, 2.75) is 11.1 Å². The first-order valence-electron chi connectivity index (χ1n) is 5.79. The number of alkyl halides is 3. The van der Waals surface area contributed by atoms with Gasteiger partial charge in [-0.15, -0.1) is 0 Å². The van der Waals surface area contributed by atoms with Gasteiger partial charge in [0.1, 0.15) is 12.4 Å². The number of aromatic nitrogens is 1. The molecule has 0 bridgehead atoms. The number of halogens is 3. The van der Waals surface area contributed by atoms with E-state index in [0.29, 0.717) is 10.9 Å². The third kappa shape index (κ3) is 3.42. The first-order valence-corrected chi connectivity index (χ1v) is 7.23. The Morgan fingerprint density at radius 1 is 1.24 bits per heavy atom. The molecule has 9 heteroatoms. The molecule has 0 unspecified atom stereocenters. The Bertz CT molecular complexity index is 775. The second-order valence-electron chi connectivity index (χ2n) is 4.47. The number of fused-ring (bicyclic) bond motifs is 1. The normalized spacial score (nSPS) is 13.0. The minimum Gasteiger partial charge on any atom is -0.384 e. The maximum Gasteiger partial charge on any atom is 0.402 e. The van der Waals surface area contributed by atoms with Crippen molar-refractivity contribution >= 4 is 26.7 Å². The lowest BCUT2D eigenvalue weighted by Gasteiger charge is -2.19. The molecule has 2 rings (SSSR count). The third-order valence-corrected chi connectivity index (χ3v) is 4.59. The van der Waals surface area contributed by atoms with Crippen molar-refractivity contribution in [3.8, 4) is 0 Å². The molecule has 21 heavy (non-hydrogen) atoms. The molecule has 0 fully saturated rings. The van der Waals surface area contributed by atoms with Gasteiger partial charge in [0.15, 0.2) is 0 Å². The van der Waals surface area contributed by atoms with Crippen LogP contribution >= 0.6 is 0 Å². The number of anilines is 1. The van der Waals surface area contributed by atoms with Gasteiger partial charge < -0.3 is 5.73 Å². The van der Waals surface area contributed by atoms with Gasteiger partial charge in [-0.1, -0.05) is 0 Å². The number of nitrogens with two attached hydrogens (primary N) is 1. The van der Waals surface area contributed by atoms with Crippen LogP contribution in [0.2, 0.25) is 0 Å². The van der Waals surface area contributed by atoms with Gasteiger partial charge in [-0.3, -0.25) is 0 Å². The molecule has 1 heterocycles. The molecular weight excluding hydrogens is 307 g/mol. The van der Waals surface area contributed by atoms with E-state index in [1.165, 1.54) is 24.3 Å². The summed E-state index contributed by atoms with van der Waals surface area (Å²) in [6, 6.07) is 6.92. The quantitative estimate of drug-likeness (QED) is 0.939. The predicted octanol–water partition coefficient (Wildman–Crippen LogP) is 2.00. The number of hydrogen-bond donors (Lipinski definition) is 1. The fourth-order valence-corrected chi connectivity index (χ4v) is 2.99. The highest BCUT2D eigenvalue weighted by molar-refractivity contribution is 7.89. The SMILES string of the molecule is CN(CC(F)(F)F)S(=O)(=O)c1ccc2nc(N)ccc2c1. The molecule has 0 radical (unpaired) electrons. The van der Waals surface area contributed by atoms with Crippen LogP contribution in [-0.4, -0.2) is 37.5 Å². The zero-order chi connectivity index (χ0) is 15.8. The van der Waals surface area contributed by atoms with Crippen molar-refractivity contribution in [2.75, 3.05) is 19.3 Å². The van der Waals surface area contributed by atoms with Crippen LogP contribution in [0.5, 0.6) is 0 Å². The van der Waals surface area contributed by atoms with Gasteiger partial charge in [0.2, 0.25) is 10.0 Å². The summed E-state index contributed by atoms with van der Waals surface area (Å²) in [7, 11) is -3.34. The summed E-state index contributed by atoms with van der Waals surface area (Å²) in [5.41, 5.74) is 5.97. The number of benzene rings is 1. The molecule has 0 aliphatic rings. The molecule has 1 aromatic carbocycles. The highest BCUT2D eigenvalue weighted by atomic mass is 32.2. The van der Waals surface area contributed by atoms with Crippen LogP contribution in [0.3, 0.4) is 0 Å². The zero-order valence-corrected chi connectivity index (χ0v) is 11.7. The maximum absolute atomic E-state index is 12.3. The topological polar surface area (TPSA) is 76.3 Å². The third-order valence-electron chi connectivity index (χ3n) is 2.79. The molecule has 0 aliphatic heterocycles. The fourth-order valence-electron chi connectivity index (χ4n) is 1.80. The highest BCUT2D eigenvalue weighted by Gasteiger charge is 2.34. The van der Waals surface area contributed by atoms with Crippen LogP contribution in [0.15, 0.2) is 35.2 Å². The van der Waals surface area contributed by atoms with Crippen LogP contribution in [-0.2, 0) is 10.0 Å². The zero-order valence-electron chi connectivity index (χ0n) is 10.9. The average Bonchev–Trinajstić information content (AvgIpc) is 2.35. The fraction of sp³-hybridized carbons (Fsp3) is 0.250. The molecule has 5 nitrogen and oxygen atoms in total. The summed E-state index contributed by atoms with van der Waals surface area (Å²) in [5, 5.41) is 0.477. The first-order chi connectivity index (χ1) is 9.59. The minimum absolute atomic E-state index is 0.228. The monoisotopic (exact) mass is 319 g/mol. The summed E-state index contributed by atoms with van der Waals surface area (Å²) >= 11 is 0. The van der Waals surface area contributed by atoms with Gasteiger partial charge in [-0.25, -0.2) is 13.4 Å². The summed E-state index contributed by atoms with van der Waals surface area (Å²) in [6.07, 6.45) is -4.60. The molecule has 0 aliphatic carbocycles. The lowest BCUT2D eigenvalue weighted by Crippen LogP contribution is -2.35. The van der Waals surface area contributed by atoms with E-state index in [1.54, 1.807) is 6.07 Å². The standard InChI is InChI=1S/C12H12F3N3O2S/c1-18(7-12(13,14)15)21(19,20)9-3-4-10-8(6-9)2-5-11(16)17-10/h2-6H,7H2,1H3,(H2,16,17). The summed E-state index contributed by atoms with van der Waals surface area (Å²) in [6.45, 7) is -1.55. The Morgan fingerprint density at radius 3 is 2.52 bits per heavy atom. The average molecular weight is 319 g/mol. The van der Waals surface area contributed by atoms with E-state index >= 15 is 0 Å². The summed E-state index contributed by atoms with van der Waals surface area (Å²) in [4.78, 5) is 3.76. The van der Waals surface area contributed by atoms with E-state index in [4.69, 9.17) is 5.73 Å². The lowest BCUT2D eigenvalue weighted by atomic mass is 10.2. The molecule has 0 atom stereocenters. The largest absolute Gasteiger partial charge is 0.402 e. The Morgan fingerprint density at radius 2 is 1.90 bits per heavy atom. The Kier molecular flexibility index (Phi) is 3.81. The molecule has 1 aromatic heterocycles. The van der Waals surface area contributed by atoms with Crippen molar-refractivity contribution in [3.63, 3.8) is 0 Å². The second-order valence-corrected chi connectivity index (χ2v) is 6.51. The number of sulfonamides is 1. The molecule has 114 valence electrons. The van der Waals surface area contributed by atoms with Gasteiger partial charge in [-0.05, 0) is 30.3 Å². The van der Waals surface area contributed by atoms with Crippen molar-refractivity contribution in [1.82, 2.24) is 9.29 Å². The molecule has 2 N–H and O–H groups in total. The van der Waals surface area contributed by atoms with Gasteiger partial charge in [-0.2, -0.15) is 17.5 Å². The smallest absolute Gasteiger partial charge is 0.384 e. The van der Waals surface area contributed by atoms with E-state index in [1.807, 2.05) is 0 Å². The van der Waals surface area contributed by atoms with E-state index in [0.717, 1.165) is 7.05 Å². The number of nitrogens with zero attached hydrogens (tertiary/aromatic N) is 2. The van der Waals surface area contributed by atoms with E-state index in [2.05, 4.69) is 4.98 Å².